The van der Waals surface area contributed by atoms with Gasteiger partial charge in [-0.15, -0.1) is 0 Å². The van der Waals surface area contributed by atoms with Crippen LogP contribution in [0.3, 0.4) is 0 Å². The van der Waals surface area contributed by atoms with Crippen molar-refractivity contribution >= 4 is 52.0 Å². The van der Waals surface area contributed by atoms with E-state index in [0.717, 1.165) is 17.1 Å². The van der Waals surface area contributed by atoms with E-state index < -0.39 is 5.91 Å². The van der Waals surface area contributed by atoms with Crippen LogP contribution in [0.1, 0.15) is 11.1 Å². The molecule has 0 saturated carbocycles. The minimum absolute atomic E-state index is 0.0916. The maximum Gasteiger partial charge on any atom is 0.268 e. The van der Waals surface area contributed by atoms with Gasteiger partial charge in [-0.25, -0.2) is 0 Å². The maximum atomic E-state index is 12.4. The van der Waals surface area contributed by atoms with Gasteiger partial charge < -0.3 is 14.2 Å². The predicted octanol–water partition coefficient (Wildman–Crippen LogP) is 5.23. The van der Waals surface area contributed by atoms with Crippen molar-refractivity contribution in [2.45, 2.75) is 12.1 Å². The van der Waals surface area contributed by atoms with E-state index in [2.05, 4.69) is 14.7 Å². The van der Waals surface area contributed by atoms with E-state index in [4.69, 9.17) is 25.8 Å². The summed E-state index contributed by atoms with van der Waals surface area (Å²) in [6, 6.07) is 12.6. The van der Waals surface area contributed by atoms with Crippen molar-refractivity contribution in [3.05, 3.63) is 58.1 Å². The standard InChI is InChI=1S/C23H21ClN4O4S2/c1-14-4-6-19(20(10-14)30-2)32-9-8-31-18-7-5-15(12-17(18)24)11-16(13-25)21(29)26-22-27-23(33-3)28-34-22/h4-7,10-12H,8-9H2,1-3H3,(H,26,27,28,29). The molecule has 0 aliphatic heterocycles. The molecule has 0 unspecified atom stereocenters. The fourth-order valence-corrected chi connectivity index (χ4v) is 4.11. The first kappa shape index (κ1) is 25.4. The SMILES string of the molecule is COc1cc(C)ccc1OCCOc1ccc(C=C(C#N)C(=O)Nc2nc(SC)ns2)cc1Cl. The summed E-state index contributed by atoms with van der Waals surface area (Å²) in [5.74, 6) is 1.16. The van der Waals surface area contributed by atoms with Crippen LogP contribution in [0.25, 0.3) is 6.08 Å². The zero-order chi connectivity index (χ0) is 24.5. The fourth-order valence-electron chi connectivity index (χ4n) is 2.74. The van der Waals surface area contributed by atoms with Gasteiger partial charge in [0.15, 0.2) is 11.5 Å². The number of rotatable bonds is 10. The van der Waals surface area contributed by atoms with Gasteiger partial charge in [0.05, 0.1) is 12.1 Å². The van der Waals surface area contributed by atoms with Gasteiger partial charge in [0.25, 0.3) is 5.91 Å². The van der Waals surface area contributed by atoms with E-state index in [9.17, 15) is 10.1 Å². The highest BCUT2D eigenvalue weighted by Gasteiger charge is 2.13. The normalized spacial score (nSPS) is 11.0. The topological polar surface area (TPSA) is 106 Å². The number of nitrogens with one attached hydrogen (secondary N) is 1. The number of aryl methyl sites for hydroxylation is 1. The molecule has 0 atom stereocenters. The van der Waals surface area contributed by atoms with E-state index in [1.54, 1.807) is 25.3 Å². The van der Waals surface area contributed by atoms with Crippen LogP contribution in [-0.4, -0.2) is 41.8 Å². The molecule has 2 aromatic carbocycles. The molecule has 8 nitrogen and oxygen atoms in total. The molecule has 11 heteroatoms. The lowest BCUT2D eigenvalue weighted by atomic mass is 10.1. The average molecular weight is 517 g/mol. The van der Waals surface area contributed by atoms with Crippen molar-refractivity contribution in [3.8, 4) is 23.3 Å². The number of ether oxygens (including phenoxy) is 3. The molecule has 1 N–H and O–H groups in total. The third-order valence-corrected chi connectivity index (χ3v) is 5.95. The number of benzene rings is 2. The van der Waals surface area contributed by atoms with Gasteiger partial charge in [-0.1, -0.05) is 35.5 Å². The number of amides is 1. The van der Waals surface area contributed by atoms with Crippen LogP contribution in [0.4, 0.5) is 5.13 Å². The molecule has 3 aromatic rings. The van der Waals surface area contributed by atoms with Crippen molar-refractivity contribution in [2.24, 2.45) is 0 Å². The molecular formula is C23H21ClN4O4S2. The second-order valence-electron chi connectivity index (χ2n) is 6.75. The van der Waals surface area contributed by atoms with Crippen molar-refractivity contribution in [3.63, 3.8) is 0 Å². The van der Waals surface area contributed by atoms with Crippen LogP contribution < -0.4 is 19.5 Å². The Morgan fingerprint density at radius 3 is 2.59 bits per heavy atom. The van der Waals surface area contributed by atoms with Gasteiger partial charge in [-0.3, -0.25) is 10.1 Å². The quantitative estimate of drug-likeness (QED) is 0.169. The first-order valence-electron chi connectivity index (χ1n) is 9.94. The van der Waals surface area contributed by atoms with Crippen molar-refractivity contribution in [1.29, 1.82) is 5.26 Å². The average Bonchev–Trinajstić information content (AvgIpc) is 3.29. The Hall–Kier alpha value is -3.26. The number of nitrogens with zero attached hydrogens (tertiary/aromatic N) is 3. The first-order valence-corrected chi connectivity index (χ1v) is 12.3. The summed E-state index contributed by atoms with van der Waals surface area (Å²) in [6.45, 7) is 2.53. The molecule has 0 spiro atoms. The number of thioether (sulfide) groups is 1. The van der Waals surface area contributed by atoms with Crippen LogP contribution in [-0.2, 0) is 4.79 Å². The molecule has 1 amide bonds. The molecule has 1 heterocycles. The van der Waals surface area contributed by atoms with Crippen molar-refractivity contribution < 1.29 is 19.0 Å². The van der Waals surface area contributed by atoms with Gasteiger partial charge in [0.2, 0.25) is 10.3 Å². The summed E-state index contributed by atoms with van der Waals surface area (Å²) in [4.78, 5) is 16.5. The van der Waals surface area contributed by atoms with Crippen LogP contribution in [0.5, 0.6) is 17.2 Å². The Morgan fingerprint density at radius 1 is 1.21 bits per heavy atom. The summed E-state index contributed by atoms with van der Waals surface area (Å²) in [6.07, 6.45) is 3.27. The molecule has 0 aliphatic rings. The molecule has 0 aliphatic carbocycles. The van der Waals surface area contributed by atoms with Crippen LogP contribution in [0.15, 0.2) is 47.1 Å². The van der Waals surface area contributed by atoms with Crippen LogP contribution in [0, 0.1) is 18.3 Å². The Kier molecular flexibility index (Phi) is 9.16. The lowest BCUT2D eigenvalue weighted by molar-refractivity contribution is -0.112. The molecule has 0 bridgehead atoms. The lowest BCUT2D eigenvalue weighted by Gasteiger charge is -2.12. The van der Waals surface area contributed by atoms with E-state index in [1.807, 2.05) is 37.4 Å². The number of hydrogen-bond donors (Lipinski definition) is 1. The Balaban J connectivity index is 1.58. The van der Waals surface area contributed by atoms with Crippen LogP contribution in [0.2, 0.25) is 5.02 Å². The van der Waals surface area contributed by atoms with Gasteiger partial charge in [0.1, 0.15) is 30.6 Å². The number of nitriles is 1. The minimum atomic E-state index is -0.577. The largest absolute Gasteiger partial charge is 0.493 e. The Morgan fingerprint density at radius 2 is 1.94 bits per heavy atom. The lowest BCUT2D eigenvalue weighted by Crippen LogP contribution is -2.13. The number of anilines is 1. The zero-order valence-corrected chi connectivity index (χ0v) is 21.0. The highest BCUT2D eigenvalue weighted by Crippen LogP contribution is 2.29. The number of hydrogen-bond acceptors (Lipinski definition) is 9. The molecule has 34 heavy (non-hydrogen) atoms. The number of halogens is 1. The Bertz CT molecular complexity index is 1240. The Labute approximate surface area is 210 Å². The second-order valence-corrected chi connectivity index (χ2v) is 8.68. The van der Waals surface area contributed by atoms with Gasteiger partial charge in [-0.05, 0) is 54.6 Å². The van der Waals surface area contributed by atoms with E-state index >= 15 is 0 Å². The monoisotopic (exact) mass is 516 g/mol. The summed E-state index contributed by atoms with van der Waals surface area (Å²) in [5, 5.41) is 13.2. The van der Waals surface area contributed by atoms with E-state index in [0.29, 0.717) is 44.7 Å². The molecule has 0 radical (unpaired) electrons. The summed E-state index contributed by atoms with van der Waals surface area (Å²) in [5.41, 5.74) is 1.56. The fraction of sp³-hybridized carbons (Fsp3) is 0.217. The number of carbonyl (C=O) groups excluding carboxylic acids is 1. The predicted molar refractivity (Wildman–Crippen MR) is 134 cm³/mol. The number of aromatic nitrogens is 2. The van der Waals surface area contributed by atoms with Crippen molar-refractivity contribution in [2.75, 3.05) is 31.9 Å². The smallest absolute Gasteiger partial charge is 0.268 e. The summed E-state index contributed by atoms with van der Waals surface area (Å²) in [7, 11) is 1.59. The molecule has 1 aromatic heterocycles. The maximum absolute atomic E-state index is 12.4. The van der Waals surface area contributed by atoms with Gasteiger partial charge >= 0.3 is 0 Å². The molecule has 176 valence electrons. The number of carbonyl (C=O) groups is 1. The van der Waals surface area contributed by atoms with Gasteiger partial charge in [-0.2, -0.15) is 14.6 Å². The number of methoxy groups -OCH3 is 1. The zero-order valence-electron chi connectivity index (χ0n) is 18.6. The summed E-state index contributed by atoms with van der Waals surface area (Å²) < 4.78 is 20.8. The summed E-state index contributed by atoms with van der Waals surface area (Å²) >= 11 is 8.74. The third kappa shape index (κ3) is 6.87. The van der Waals surface area contributed by atoms with E-state index in [1.165, 1.54) is 17.8 Å². The minimum Gasteiger partial charge on any atom is -0.493 e. The molecule has 3 rings (SSSR count). The molecule has 0 fully saturated rings. The molecule has 0 saturated heterocycles. The third-order valence-electron chi connectivity index (χ3n) is 4.36. The van der Waals surface area contributed by atoms with Gasteiger partial charge in [0, 0.05) is 11.5 Å². The molecular weight excluding hydrogens is 496 g/mol. The van der Waals surface area contributed by atoms with Crippen molar-refractivity contribution in [1.82, 2.24) is 9.36 Å². The van der Waals surface area contributed by atoms with Crippen LogP contribution >= 0.6 is 34.9 Å². The first-order chi connectivity index (χ1) is 16.4. The second kappa shape index (κ2) is 12.3. The highest BCUT2D eigenvalue weighted by molar-refractivity contribution is 7.98. The van der Waals surface area contributed by atoms with E-state index in [-0.39, 0.29) is 12.2 Å². The highest BCUT2D eigenvalue weighted by atomic mass is 35.5.